The molecule has 0 aliphatic carbocycles. The second kappa shape index (κ2) is 4.96. The minimum atomic E-state index is -4.55. The zero-order valence-corrected chi connectivity index (χ0v) is 11.2. The molecular formula is C12H9BrF3NO2. The van der Waals surface area contributed by atoms with Crippen molar-refractivity contribution in [2.45, 2.75) is 19.0 Å². The Morgan fingerprint density at radius 2 is 1.89 bits per heavy atom. The number of ketones is 1. The highest BCUT2D eigenvalue weighted by Gasteiger charge is 2.37. The number of Topliss-reactive ketones (excluding diaryl/α,β-unsaturated/α-hetero) is 1. The summed E-state index contributed by atoms with van der Waals surface area (Å²) in [5.74, 6) is -0.837. The summed E-state index contributed by atoms with van der Waals surface area (Å²) >= 11 is 2.98. The average molecular weight is 336 g/mol. The predicted molar refractivity (Wildman–Crippen MR) is 65.7 cm³/mol. The number of carbonyl (C=O) groups is 2. The van der Waals surface area contributed by atoms with Crippen molar-refractivity contribution in [2.24, 2.45) is 0 Å². The molecule has 0 unspecified atom stereocenters. The predicted octanol–water partition coefficient (Wildman–Crippen LogP) is 3.16. The van der Waals surface area contributed by atoms with Crippen molar-refractivity contribution in [1.29, 1.82) is 0 Å². The van der Waals surface area contributed by atoms with Crippen molar-refractivity contribution in [1.82, 2.24) is 0 Å². The van der Waals surface area contributed by atoms with E-state index in [0.717, 1.165) is 11.0 Å². The summed E-state index contributed by atoms with van der Waals surface area (Å²) in [6.07, 6.45) is -4.81. The van der Waals surface area contributed by atoms with Gasteiger partial charge in [-0.15, -0.1) is 0 Å². The van der Waals surface area contributed by atoms with E-state index in [-0.39, 0.29) is 35.3 Å². The Morgan fingerprint density at radius 1 is 1.21 bits per heavy atom. The third-order valence-corrected chi connectivity index (χ3v) is 3.31. The Morgan fingerprint density at radius 3 is 2.47 bits per heavy atom. The number of nitrogens with zero attached hydrogens (tertiary/aromatic N) is 1. The monoisotopic (exact) mass is 335 g/mol. The Hall–Kier alpha value is -1.37. The second-order valence-corrected chi connectivity index (χ2v) is 5.09. The maximum atomic E-state index is 13.0. The van der Waals surface area contributed by atoms with E-state index in [0.29, 0.717) is 0 Å². The van der Waals surface area contributed by atoms with Crippen LogP contribution in [0.5, 0.6) is 0 Å². The molecule has 1 fully saturated rings. The second-order valence-electron chi connectivity index (χ2n) is 4.17. The molecule has 1 aromatic rings. The molecule has 1 heterocycles. The van der Waals surface area contributed by atoms with E-state index in [1.54, 1.807) is 0 Å². The van der Waals surface area contributed by atoms with Crippen LogP contribution in [0.15, 0.2) is 22.7 Å². The van der Waals surface area contributed by atoms with E-state index >= 15 is 0 Å². The van der Waals surface area contributed by atoms with Gasteiger partial charge in [-0.3, -0.25) is 9.59 Å². The third kappa shape index (κ3) is 2.97. The zero-order chi connectivity index (χ0) is 14.2. The topological polar surface area (TPSA) is 37.4 Å². The van der Waals surface area contributed by atoms with Crippen LogP contribution in [0.1, 0.15) is 18.4 Å². The van der Waals surface area contributed by atoms with Crippen LogP contribution in [-0.2, 0) is 15.8 Å². The molecule has 102 valence electrons. The Kier molecular flexibility index (Phi) is 3.66. The number of anilines is 1. The van der Waals surface area contributed by atoms with Gasteiger partial charge in [0.25, 0.3) is 0 Å². The highest BCUT2D eigenvalue weighted by molar-refractivity contribution is 9.10. The van der Waals surface area contributed by atoms with Crippen molar-refractivity contribution >= 4 is 33.3 Å². The first-order valence-electron chi connectivity index (χ1n) is 5.48. The maximum Gasteiger partial charge on any atom is 0.418 e. The number of halogens is 4. The van der Waals surface area contributed by atoms with E-state index in [4.69, 9.17) is 0 Å². The number of amides is 1. The van der Waals surface area contributed by atoms with Crippen LogP contribution >= 0.6 is 15.9 Å². The van der Waals surface area contributed by atoms with Gasteiger partial charge in [-0.1, -0.05) is 15.9 Å². The molecule has 0 spiro atoms. The van der Waals surface area contributed by atoms with Crippen molar-refractivity contribution in [3.05, 3.63) is 28.2 Å². The summed E-state index contributed by atoms with van der Waals surface area (Å²) in [5.41, 5.74) is -1.09. The molecule has 0 bridgehead atoms. The summed E-state index contributed by atoms with van der Waals surface area (Å²) in [7, 11) is 0. The van der Waals surface area contributed by atoms with Gasteiger partial charge in [0.15, 0.2) is 0 Å². The minimum absolute atomic E-state index is 0.0115. The molecule has 1 amide bonds. The van der Waals surface area contributed by atoms with Crippen molar-refractivity contribution in [2.75, 3.05) is 11.4 Å². The molecule has 1 aliphatic heterocycles. The van der Waals surface area contributed by atoms with E-state index in [1.165, 1.54) is 12.1 Å². The van der Waals surface area contributed by atoms with Crippen LogP contribution in [0, 0.1) is 0 Å². The Balaban J connectivity index is 2.45. The molecule has 1 saturated heterocycles. The van der Waals surface area contributed by atoms with Crippen LogP contribution in [-0.4, -0.2) is 18.2 Å². The number of alkyl halides is 3. The molecule has 3 nitrogen and oxygen atoms in total. The molecule has 0 saturated carbocycles. The first-order chi connectivity index (χ1) is 8.79. The molecule has 0 N–H and O–H groups in total. The minimum Gasteiger partial charge on any atom is -0.311 e. The number of benzene rings is 1. The fraction of sp³-hybridized carbons (Fsp3) is 0.333. The molecule has 0 radical (unpaired) electrons. The quantitative estimate of drug-likeness (QED) is 0.739. The zero-order valence-electron chi connectivity index (χ0n) is 9.63. The summed E-state index contributed by atoms with van der Waals surface area (Å²) in [4.78, 5) is 23.8. The van der Waals surface area contributed by atoms with Crippen LogP contribution in [0.4, 0.5) is 18.9 Å². The normalized spacial score (nSPS) is 16.9. The number of carbonyl (C=O) groups excluding carboxylic acids is 2. The lowest BCUT2D eigenvalue weighted by Crippen LogP contribution is -2.40. The third-order valence-electron chi connectivity index (χ3n) is 2.82. The molecule has 2 rings (SSSR count). The van der Waals surface area contributed by atoms with E-state index < -0.39 is 17.6 Å². The highest BCUT2D eigenvalue weighted by Crippen LogP contribution is 2.39. The average Bonchev–Trinajstić information content (AvgIpc) is 2.28. The summed E-state index contributed by atoms with van der Waals surface area (Å²) in [5, 5.41) is 0. The van der Waals surface area contributed by atoms with Gasteiger partial charge in [-0.25, -0.2) is 0 Å². The van der Waals surface area contributed by atoms with Gasteiger partial charge in [0, 0.05) is 17.4 Å². The number of hydrogen-bond acceptors (Lipinski definition) is 2. The lowest BCUT2D eigenvalue weighted by atomic mass is 10.1. The maximum absolute atomic E-state index is 13.0. The van der Waals surface area contributed by atoms with Crippen molar-refractivity contribution in [3.8, 4) is 0 Å². The number of hydrogen-bond donors (Lipinski definition) is 0. The molecule has 0 aromatic heterocycles. The Bertz CT molecular complexity index is 542. The van der Waals surface area contributed by atoms with Gasteiger partial charge in [-0.2, -0.15) is 13.2 Å². The summed E-state index contributed by atoms with van der Waals surface area (Å²) < 4.78 is 39.2. The lowest BCUT2D eigenvalue weighted by Gasteiger charge is -2.28. The van der Waals surface area contributed by atoms with E-state index in [1.807, 2.05) is 0 Å². The molecular weight excluding hydrogens is 327 g/mol. The fourth-order valence-electron chi connectivity index (χ4n) is 1.94. The van der Waals surface area contributed by atoms with Gasteiger partial charge in [-0.05, 0) is 18.2 Å². The van der Waals surface area contributed by atoms with Gasteiger partial charge in [0.2, 0.25) is 5.91 Å². The largest absolute Gasteiger partial charge is 0.418 e. The van der Waals surface area contributed by atoms with Crippen LogP contribution in [0.2, 0.25) is 0 Å². The fourth-order valence-corrected chi connectivity index (χ4v) is 2.30. The summed E-state index contributed by atoms with van der Waals surface area (Å²) in [6.45, 7) is -0.0115. The van der Waals surface area contributed by atoms with Gasteiger partial charge < -0.3 is 4.90 Å². The molecule has 19 heavy (non-hydrogen) atoms. The van der Waals surface area contributed by atoms with E-state index in [9.17, 15) is 22.8 Å². The lowest BCUT2D eigenvalue weighted by molar-refractivity contribution is -0.137. The van der Waals surface area contributed by atoms with Gasteiger partial charge in [0.05, 0.1) is 17.7 Å². The van der Waals surface area contributed by atoms with Crippen molar-refractivity contribution in [3.63, 3.8) is 0 Å². The smallest absolute Gasteiger partial charge is 0.311 e. The first kappa shape index (κ1) is 14.0. The molecule has 7 heteroatoms. The van der Waals surface area contributed by atoms with Gasteiger partial charge in [0.1, 0.15) is 5.78 Å². The van der Waals surface area contributed by atoms with E-state index in [2.05, 4.69) is 15.9 Å². The molecule has 1 aromatic carbocycles. The van der Waals surface area contributed by atoms with Crippen LogP contribution in [0.3, 0.4) is 0 Å². The Labute approximate surface area is 115 Å². The SMILES string of the molecule is O=C1CCN(c2ccc(Br)cc2C(F)(F)F)C(=O)C1. The highest BCUT2D eigenvalue weighted by atomic mass is 79.9. The summed E-state index contributed by atoms with van der Waals surface area (Å²) in [6, 6.07) is 3.61. The standard InChI is InChI=1S/C12H9BrF3NO2/c13-7-1-2-10(9(5-7)12(14,15)16)17-4-3-8(18)6-11(17)19/h1-2,5H,3-4,6H2. The van der Waals surface area contributed by atoms with Gasteiger partial charge >= 0.3 is 6.18 Å². The molecule has 1 aliphatic rings. The van der Waals surface area contributed by atoms with Crippen LogP contribution < -0.4 is 4.90 Å². The van der Waals surface area contributed by atoms with Crippen molar-refractivity contribution < 1.29 is 22.8 Å². The molecule has 0 atom stereocenters. The number of piperidine rings is 1. The van der Waals surface area contributed by atoms with Crippen LogP contribution in [0.25, 0.3) is 0 Å². The number of rotatable bonds is 1. The first-order valence-corrected chi connectivity index (χ1v) is 6.27.